The predicted octanol–water partition coefficient (Wildman–Crippen LogP) is 3.58. The predicted molar refractivity (Wildman–Crippen MR) is 63.7 cm³/mol. The molecule has 0 bridgehead atoms. The minimum Gasteiger partial charge on any atom is -0.298 e. The van der Waals surface area contributed by atoms with Crippen LogP contribution in [0.1, 0.15) is 51.1 Å². The van der Waals surface area contributed by atoms with Crippen LogP contribution in [0.5, 0.6) is 0 Å². The lowest BCUT2D eigenvalue weighted by atomic mass is 10.2. The second-order valence-electron chi connectivity index (χ2n) is 3.25. The fourth-order valence-corrected chi connectivity index (χ4v) is 2.10. The van der Waals surface area contributed by atoms with Gasteiger partial charge in [0, 0.05) is 10.4 Å². The minimum absolute atomic E-state index is 0.491. The number of carbonyl (C=O) groups excluding carboxylic acids is 2. The number of hydrogen-bond donors (Lipinski definition) is 0. The molecule has 3 heteroatoms. The lowest BCUT2D eigenvalue weighted by molar-refractivity contribution is 0.109. The molecule has 0 fully saturated rings. The summed E-state index contributed by atoms with van der Waals surface area (Å²) in [5.74, 6) is 0. The maximum absolute atomic E-state index is 10.6. The first-order valence-electron chi connectivity index (χ1n) is 5.02. The molecule has 0 unspecified atom stereocenters. The van der Waals surface area contributed by atoms with Crippen LogP contribution in [0.25, 0.3) is 6.08 Å². The first kappa shape index (κ1) is 11.9. The molecule has 0 radical (unpaired) electrons. The first-order chi connectivity index (χ1) is 7.31. The van der Waals surface area contributed by atoms with Gasteiger partial charge in [0.15, 0.2) is 12.6 Å². The minimum atomic E-state index is 0.491. The third-order valence-electron chi connectivity index (χ3n) is 2.05. The van der Waals surface area contributed by atoms with Crippen LogP contribution in [0.3, 0.4) is 0 Å². The maximum atomic E-state index is 10.6. The van der Waals surface area contributed by atoms with Crippen molar-refractivity contribution in [1.82, 2.24) is 0 Å². The van der Waals surface area contributed by atoms with Gasteiger partial charge in [0.05, 0.1) is 4.88 Å². The monoisotopic (exact) mass is 222 g/mol. The van der Waals surface area contributed by atoms with E-state index in [2.05, 4.69) is 13.0 Å². The van der Waals surface area contributed by atoms with Gasteiger partial charge in [-0.2, -0.15) is 0 Å². The molecule has 0 aliphatic rings. The van der Waals surface area contributed by atoms with Gasteiger partial charge in [-0.3, -0.25) is 9.59 Å². The molecule has 0 aliphatic carbocycles. The Morgan fingerprint density at radius 2 is 2.13 bits per heavy atom. The number of allylic oxidation sites excluding steroid dienone is 1. The topological polar surface area (TPSA) is 34.1 Å². The van der Waals surface area contributed by atoms with E-state index in [4.69, 9.17) is 0 Å². The zero-order valence-corrected chi connectivity index (χ0v) is 9.55. The second kappa shape index (κ2) is 6.30. The molecule has 0 saturated heterocycles. The Morgan fingerprint density at radius 1 is 1.33 bits per heavy atom. The highest BCUT2D eigenvalue weighted by Crippen LogP contribution is 2.21. The zero-order valence-electron chi connectivity index (χ0n) is 8.73. The summed E-state index contributed by atoms with van der Waals surface area (Å²) in [5, 5.41) is 0. The largest absolute Gasteiger partial charge is 0.298 e. The highest BCUT2D eigenvalue weighted by Gasteiger charge is 2.04. The van der Waals surface area contributed by atoms with E-state index in [0.717, 1.165) is 23.9 Å². The van der Waals surface area contributed by atoms with Gasteiger partial charge in [0.25, 0.3) is 0 Å². The smallest absolute Gasteiger partial charge is 0.160 e. The highest BCUT2D eigenvalue weighted by atomic mass is 32.1. The van der Waals surface area contributed by atoms with Gasteiger partial charge >= 0.3 is 0 Å². The molecule has 1 heterocycles. The van der Waals surface area contributed by atoms with E-state index in [9.17, 15) is 9.59 Å². The molecule has 0 aromatic carbocycles. The SMILES string of the molecule is CCCC/C=C/c1cc(C=O)c(C=O)s1. The van der Waals surface area contributed by atoms with Crippen molar-refractivity contribution >= 4 is 30.0 Å². The zero-order chi connectivity index (χ0) is 11.1. The van der Waals surface area contributed by atoms with Crippen LogP contribution in [-0.4, -0.2) is 12.6 Å². The number of aldehydes is 2. The summed E-state index contributed by atoms with van der Waals surface area (Å²) in [6, 6.07) is 1.75. The molecule has 2 nitrogen and oxygen atoms in total. The lowest BCUT2D eigenvalue weighted by Crippen LogP contribution is -1.79. The van der Waals surface area contributed by atoms with Crippen LogP contribution in [-0.2, 0) is 0 Å². The number of carbonyl (C=O) groups is 2. The van der Waals surface area contributed by atoms with Crippen molar-refractivity contribution in [2.24, 2.45) is 0 Å². The maximum Gasteiger partial charge on any atom is 0.160 e. The summed E-state index contributed by atoms with van der Waals surface area (Å²) in [5.41, 5.74) is 0.491. The van der Waals surface area contributed by atoms with Crippen LogP contribution >= 0.6 is 11.3 Å². The number of unbranched alkanes of at least 4 members (excludes halogenated alkanes) is 2. The van der Waals surface area contributed by atoms with Crippen molar-refractivity contribution in [2.45, 2.75) is 26.2 Å². The molecule has 0 saturated carbocycles. The molecule has 0 spiro atoms. The van der Waals surface area contributed by atoms with Gasteiger partial charge in [-0.25, -0.2) is 0 Å². The third kappa shape index (κ3) is 3.44. The number of hydrogen-bond acceptors (Lipinski definition) is 3. The van der Waals surface area contributed by atoms with E-state index < -0.39 is 0 Å². The molecule has 15 heavy (non-hydrogen) atoms. The number of thiophene rings is 1. The fourth-order valence-electron chi connectivity index (χ4n) is 1.23. The van der Waals surface area contributed by atoms with E-state index in [1.807, 2.05) is 6.08 Å². The van der Waals surface area contributed by atoms with Crippen LogP contribution in [0, 0.1) is 0 Å². The Balaban J connectivity index is 2.69. The summed E-state index contributed by atoms with van der Waals surface area (Å²) < 4.78 is 0. The van der Waals surface area contributed by atoms with Crippen molar-refractivity contribution in [1.29, 1.82) is 0 Å². The van der Waals surface area contributed by atoms with Gasteiger partial charge in [0.2, 0.25) is 0 Å². The third-order valence-corrected chi connectivity index (χ3v) is 3.09. The Bertz CT molecular complexity index is 338. The molecule has 0 N–H and O–H groups in total. The molecular weight excluding hydrogens is 208 g/mol. The van der Waals surface area contributed by atoms with Gasteiger partial charge < -0.3 is 0 Å². The van der Waals surface area contributed by atoms with E-state index in [-0.39, 0.29) is 0 Å². The van der Waals surface area contributed by atoms with E-state index in [1.54, 1.807) is 6.07 Å². The summed E-state index contributed by atoms with van der Waals surface area (Å²) in [4.78, 5) is 22.7. The normalized spacial score (nSPS) is 10.7. The average molecular weight is 222 g/mol. The Morgan fingerprint density at radius 3 is 2.67 bits per heavy atom. The van der Waals surface area contributed by atoms with Crippen LogP contribution in [0.2, 0.25) is 0 Å². The van der Waals surface area contributed by atoms with Gasteiger partial charge in [-0.05, 0) is 18.6 Å². The van der Waals surface area contributed by atoms with Crippen molar-refractivity contribution in [3.05, 3.63) is 27.5 Å². The number of rotatable bonds is 6. The van der Waals surface area contributed by atoms with E-state index in [1.165, 1.54) is 24.2 Å². The van der Waals surface area contributed by atoms with Crippen LogP contribution in [0.15, 0.2) is 12.1 Å². The summed E-state index contributed by atoms with van der Waals surface area (Å²) >= 11 is 1.36. The van der Waals surface area contributed by atoms with Gasteiger partial charge in [-0.1, -0.05) is 25.8 Å². The average Bonchev–Trinajstić information content (AvgIpc) is 2.67. The molecule has 1 aromatic heterocycles. The molecule has 80 valence electrons. The summed E-state index contributed by atoms with van der Waals surface area (Å²) in [6.45, 7) is 2.15. The van der Waals surface area contributed by atoms with E-state index in [0.29, 0.717) is 10.4 Å². The lowest BCUT2D eigenvalue weighted by Gasteiger charge is -1.87. The molecule has 0 amide bonds. The molecule has 0 aliphatic heterocycles. The van der Waals surface area contributed by atoms with Crippen molar-refractivity contribution in [3.8, 4) is 0 Å². The fraction of sp³-hybridized carbons (Fsp3) is 0.333. The van der Waals surface area contributed by atoms with Crippen molar-refractivity contribution in [2.75, 3.05) is 0 Å². The first-order valence-corrected chi connectivity index (χ1v) is 5.84. The molecule has 1 aromatic rings. The molecule has 1 rings (SSSR count). The van der Waals surface area contributed by atoms with Crippen molar-refractivity contribution in [3.63, 3.8) is 0 Å². The molecular formula is C12H14O2S. The van der Waals surface area contributed by atoms with Crippen molar-refractivity contribution < 1.29 is 9.59 Å². The van der Waals surface area contributed by atoms with E-state index >= 15 is 0 Å². The highest BCUT2D eigenvalue weighted by molar-refractivity contribution is 7.14. The summed E-state index contributed by atoms with van der Waals surface area (Å²) in [7, 11) is 0. The van der Waals surface area contributed by atoms with Gasteiger partial charge in [-0.15, -0.1) is 11.3 Å². The summed E-state index contributed by atoms with van der Waals surface area (Å²) in [6.07, 6.45) is 8.90. The Hall–Kier alpha value is -1.22. The van der Waals surface area contributed by atoms with Crippen LogP contribution in [0.4, 0.5) is 0 Å². The quantitative estimate of drug-likeness (QED) is 0.544. The Kier molecular flexibility index (Phi) is 4.98. The van der Waals surface area contributed by atoms with Gasteiger partial charge in [0.1, 0.15) is 0 Å². The molecule has 0 atom stereocenters. The standard InChI is InChI=1S/C12H14O2S/c1-2-3-4-5-6-11-7-10(8-13)12(9-14)15-11/h5-9H,2-4H2,1H3/b6-5+. The Labute approximate surface area is 93.6 Å². The second-order valence-corrected chi connectivity index (χ2v) is 4.36. The van der Waals surface area contributed by atoms with Crippen LogP contribution < -0.4 is 0 Å².